The average molecular weight is 358 g/mol. The first kappa shape index (κ1) is 17.3. The molecule has 0 N–H and O–H groups in total. The Kier molecular flexibility index (Phi) is 4.88. The number of sulfone groups is 1. The Balaban J connectivity index is 1.76. The second kappa shape index (κ2) is 6.77. The van der Waals surface area contributed by atoms with E-state index in [0.717, 1.165) is 0 Å². The molecule has 2 saturated heterocycles. The molecule has 3 rings (SSSR count). The van der Waals surface area contributed by atoms with E-state index in [4.69, 9.17) is 9.26 Å². The number of nitrogens with zero attached hydrogens (tertiary/aromatic N) is 4. The summed E-state index contributed by atoms with van der Waals surface area (Å²) in [6.07, 6.45) is 0.383. The summed E-state index contributed by atoms with van der Waals surface area (Å²) in [5.41, 5.74) is 0. The molecule has 2 aliphatic rings. The SMILES string of the molecule is CCC(=O)N1CCN(Cc2noc(COC)n2)[C@H]2CS(=O)(=O)C[C@H]21. The molecule has 0 bridgehead atoms. The topological polar surface area (TPSA) is 106 Å². The van der Waals surface area contributed by atoms with E-state index in [1.165, 1.54) is 0 Å². The van der Waals surface area contributed by atoms with Gasteiger partial charge in [-0.1, -0.05) is 12.1 Å². The van der Waals surface area contributed by atoms with E-state index in [-0.39, 0.29) is 36.1 Å². The highest BCUT2D eigenvalue weighted by atomic mass is 32.2. The van der Waals surface area contributed by atoms with Crippen LogP contribution in [0.15, 0.2) is 4.52 Å². The molecule has 0 spiro atoms. The third-order valence-corrected chi connectivity index (χ3v) is 6.24. The number of aromatic nitrogens is 2. The molecule has 134 valence electrons. The fourth-order valence-electron chi connectivity index (χ4n) is 3.45. The number of carbonyl (C=O) groups is 1. The summed E-state index contributed by atoms with van der Waals surface area (Å²) in [5.74, 6) is 0.988. The zero-order chi connectivity index (χ0) is 17.3. The molecule has 0 aromatic carbocycles. The minimum Gasteiger partial charge on any atom is -0.375 e. The number of hydrogen-bond donors (Lipinski definition) is 0. The lowest BCUT2D eigenvalue weighted by molar-refractivity contribution is -0.136. The first-order valence-electron chi connectivity index (χ1n) is 7.98. The van der Waals surface area contributed by atoms with E-state index >= 15 is 0 Å². The lowest BCUT2D eigenvalue weighted by atomic mass is 10.0. The Bertz CT molecular complexity index is 704. The quantitative estimate of drug-likeness (QED) is 0.689. The first-order valence-corrected chi connectivity index (χ1v) is 9.80. The van der Waals surface area contributed by atoms with Crippen LogP contribution in [0.2, 0.25) is 0 Å². The maximum atomic E-state index is 12.1. The van der Waals surface area contributed by atoms with E-state index in [9.17, 15) is 13.2 Å². The van der Waals surface area contributed by atoms with E-state index in [1.807, 2.05) is 4.90 Å². The van der Waals surface area contributed by atoms with Gasteiger partial charge in [0.1, 0.15) is 6.61 Å². The summed E-state index contributed by atoms with van der Waals surface area (Å²) in [6.45, 7) is 3.55. The maximum Gasteiger partial charge on any atom is 0.252 e. The zero-order valence-corrected chi connectivity index (χ0v) is 14.7. The van der Waals surface area contributed by atoms with Gasteiger partial charge >= 0.3 is 0 Å². The van der Waals surface area contributed by atoms with Crippen molar-refractivity contribution in [1.82, 2.24) is 19.9 Å². The van der Waals surface area contributed by atoms with Crippen molar-refractivity contribution in [3.63, 3.8) is 0 Å². The summed E-state index contributed by atoms with van der Waals surface area (Å²) >= 11 is 0. The van der Waals surface area contributed by atoms with Gasteiger partial charge in [-0.3, -0.25) is 9.69 Å². The van der Waals surface area contributed by atoms with Crippen molar-refractivity contribution in [3.05, 3.63) is 11.7 Å². The lowest BCUT2D eigenvalue weighted by Crippen LogP contribution is -2.60. The van der Waals surface area contributed by atoms with Crippen LogP contribution >= 0.6 is 0 Å². The van der Waals surface area contributed by atoms with Crippen LogP contribution in [0, 0.1) is 0 Å². The molecule has 1 aromatic rings. The van der Waals surface area contributed by atoms with Crippen LogP contribution in [0.1, 0.15) is 25.1 Å². The van der Waals surface area contributed by atoms with Crippen LogP contribution in [0.3, 0.4) is 0 Å². The van der Waals surface area contributed by atoms with Crippen LogP contribution in [0.25, 0.3) is 0 Å². The normalized spacial score (nSPS) is 26.5. The zero-order valence-electron chi connectivity index (χ0n) is 13.8. The summed E-state index contributed by atoms with van der Waals surface area (Å²) in [4.78, 5) is 20.1. The van der Waals surface area contributed by atoms with Crippen LogP contribution in [-0.4, -0.2) is 78.1 Å². The highest BCUT2D eigenvalue weighted by Gasteiger charge is 2.47. The van der Waals surface area contributed by atoms with Crippen LogP contribution < -0.4 is 0 Å². The van der Waals surface area contributed by atoms with Crippen LogP contribution in [-0.2, 0) is 32.5 Å². The second-order valence-corrected chi connectivity index (χ2v) is 8.31. The molecule has 9 nitrogen and oxygen atoms in total. The Morgan fingerprint density at radius 3 is 2.79 bits per heavy atom. The molecule has 1 aromatic heterocycles. The Morgan fingerprint density at radius 2 is 2.08 bits per heavy atom. The summed E-state index contributed by atoms with van der Waals surface area (Å²) in [5, 5.41) is 3.91. The fraction of sp³-hybridized carbons (Fsp3) is 0.786. The first-order chi connectivity index (χ1) is 11.4. The molecule has 0 radical (unpaired) electrons. The summed E-state index contributed by atoms with van der Waals surface area (Å²) < 4.78 is 34.2. The van der Waals surface area contributed by atoms with Gasteiger partial charge in [0.25, 0.3) is 5.89 Å². The Labute approximate surface area is 140 Å². The predicted octanol–water partition coefficient (Wildman–Crippen LogP) is -0.564. The maximum absolute atomic E-state index is 12.1. The number of hydrogen-bond acceptors (Lipinski definition) is 8. The largest absolute Gasteiger partial charge is 0.375 e. The Morgan fingerprint density at radius 1 is 1.33 bits per heavy atom. The highest BCUT2D eigenvalue weighted by molar-refractivity contribution is 7.91. The minimum absolute atomic E-state index is 0.00342. The van der Waals surface area contributed by atoms with Crippen molar-refractivity contribution in [3.8, 4) is 0 Å². The van der Waals surface area contributed by atoms with E-state index in [1.54, 1.807) is 18.9 Å². The third kappa shape index (κ3) is 3.45. The molecule has 10 heteroatoms. The molecule has 3 heterocycles. The van der Waals surface area contributed by atoms with Gasteiger partial charge in [-0.2, -0.15) is 4.98 Å². The molecular formula is C14H22N4O5S. The highest BCUT2D eigenvalue weighted by Crippen LogP contribution is 2.28. The Hall–Kier alpha value is -1.52. The third-order valence-electron chi connectivity index (χ3n) is 4.54. The number of fused-ring (bicyclic) bond motifs is 1. The van der Waals surface area contributed by atoms with Crippen molar-refractivity contribution in [2.75, 3.05) is 31.7 Å². The fourth-order valence-corrected chi connectivity index (χ4v) is 5.46. The molecule has 0 aliphatic carbocycles. The summed E-state index contributed by atoms with van der Waals surface area (Å²) in [6, 6.07) is -0.509. The summed E-state index contributed by atoms with van der Waals surface area (Å²) in [7, 11) is -1.61. The molecule has 24 heavy (non-hydrogen) atoms. The van der Waals surface area contributed by atoms with Crippen LogP contribution in [0.5, 0.6) is 0 Å². The second-order valence-electron chi connectivity index (χ2n) is 6.16. The van der Waals surface area contributed by atoms with Crippen molar-refractivity contribution >= 4 is 15.7 Å². The smallest absolute Gasteiger partial charge is 0.252 e. The van der Waals surface area contributed by atoms with Gasteiger partial charge < -0.3 is 14.2 Å². The van der Waals surface area contributed by atoms with Crippen molar-refractivity contribution < 1.29 is 22.5 Å². The van der Waals surface area contributed by atoms with Gasteiger partial charge in [0.05, 0.1) is 24.1 Å². The average Bonchev–Trinajstić information content (AvgIpc) is 3.10. The standard InChI is InChI=1S/C14H22N4O5S/c1-3-14(19)18-5-4-17(10-8-24(20,21)9-11(10)18)6-12-15-13(7-22-2)23-16-12/h10-11H,3-9H2,1-2H3/t10-,11+/m0/s1. The molecule has 2 fully saturated rings. The van der Waals surface area contributed by atoms with Crippen molar-refractivity contribution in [2.24, 2.45) is 0 Å². The number of ether oxygens (including phenoxy) is 1. The van der Waals surface area contributed by atoms with Crippen molar-refractivity contribution in [1.29, 1.82) is 0 Å². The lowest BCUT2D eigenvalue weighted by Gasteiger charge is -2.43. The number of amides is 1. The van der Waals surface area contributed by atoms with Gasteiger partial charge in [-0.25, -0.2) is 8.42 Å². The molecule has 2 aliphatic heterocycles. The van der Waals surface area contributed by atoms with E-state index in [2.05, 4.69) is 10.1 Å². The number of methoxy groups -OCH3 is 1. The van der Waals surface area contributed by atoms with Gasteiger partial charge in [-0.15, -0.1) is 0 Å². The molecular weight excluding hydrogens is 336 g/mol. The van der Waals surface area contributed by atoms with Crippen molar-refractivity contribution in [2.45, 2.75) is 38.6 Å². The molecule has 0 saturated carbocycles. The predicted molar refractivity (Wildman–Crippen MR) is 83.7 cm³/mol. The molecule has 0 unspecified atom stereocenters. The minimum atomic E-state index is -3.15. The monoisotopic (exact) mass is 358 g/mol. The number of carbonyl (C=O) groups excluding carboxylic acids is 1. The van der Waals surface area contributed by atoms with Gasteiger partial charge in [-0.05, 0) is 0 Å². The molecule has 2 atom stereocenters. The number of piperazine rings is 1. The van der Waals surface area contributed by atoms with Gasteiger partial charge in [0, 0.05) is 32.7 Å². The van der Waals surface area contributed by atoms with E-state index < -0.39 is 9.84 Å². The van der Waals surface area contributed by atoms with Gasteiger partial charge in [0.2, 0.25) is 5.91 Å². The number of rotatable bonds is 5. The van der Waals surface area contributed by atoms with Gasteiger partial charge in [0.15, 0.2) is 15.7 Å². The molecule has 1 amide bonds. The van der Waals surface area contributed by atoms with E-state index in [0.29, 0.717) is 37.8 Å². The van der Waals surface area contributed by atoms with Crippen LogP contribution in [0.4, 0.5) is 0 Å².